The molecule has 0 bridgehead atoms. The van der Waals surface area contributed by atoms with E-state index in [4.69, 9.17) is 9.47 Å². The van der Waals surface area contributed by atoms with Crippen LogP contribution in [0.2, 0.25) is 0 Å². The number of benzene rings is 3. The standard InChI is InChI=1S/C23H22O4/c1-3-15-26-22-14-13-20(18-7-5-6-8-19(18)22)23(25)27-17-11-9-16(10-12-17)21(24)4-2/h5-14H,3-4,15H2,1-2H3. The van der Waals surface area contributed by atoms with Crippen molar-refractivity contribution in [3.63, 3.8) is 0 Å². The molecular weight excluding hydrogens is 340 g/mol. The summed E-state index contributed by atoms with van der Waals surface area (Å²) in [4.78, 5) is 24.4. The fourth-order valence-corrected chi connectivity index (χ4v) is 2.86. The van der Waals surface area contributed by atoms with E-state index in [-0.39, 0.29) is 5.78 Å². The van der Waals surface area contributed by atoms with Crippen LogP contribution in [-0.2, 0) is 0 Å². The van der Waals surface area contributed by atoms with Crippen LogP contribution in [-0.4, -0.2) is 18.4 Å². The first-order valence-electron chi connectivity index (χ1n) is 9.14. The molecule has 0 unspecified atom stereocenters. The Morgan fingerprint density at radius 2 is 1.56 bits per heavy atom. The van der Waals surface area contributed by atoms with Crippen molar-refractivity contribution in [1.82, 2.24) is 0 Å². The van der Waals surface area contributed by atoms with Crippen LogP contribution < -0.4 is 9.47 Å². The first-order valence-corrected chi connectivity index (χ1v) is 9.14. The maximum absolute atomic E-state index is 12.7. The zero-order valence-electron chi connectivity index (χ0n) is 15.5. The number of hydrogen-bond acceptors (Lipinski definition) is 4. The van der Waals surface area contributed by atoms with Gasteiger partial charge in [0.05, 0.1) is 12.2 Å². The molecule has 0 spiro atoms. The van der Waals surface area contributed by atoms with Gasteiger partial charge in [0.2, 0.25) is 0 Å². The third kappa shape index (κ3) is 4.17. The number of hydrogen-bond donors (Lipinski definition) is 0. The molecule has 3 aromatic rings. The molecule has 0 aliphatic carbocycles. The first kappa shape index (κ1) is 18.6. The normalized spacial score (nSPS) is 10.6. The van der Waals surface area contributed by atoms with E-state index in [0.717, 1.165) is 22.9 Å². The summed E-state index contributed by atoms with van der Waals surface area (Å²) in [5.74, 6) is 0.777. The Morgan fingerprint density at radius 1 is 0.852 bits per heavy atom. The van der Waals surface area contributed by atoms with Crippen molar-refractivity contribution < 1.29 is 19.1 Å². The van der Waals surface area contributed by atoms with Crippen molar-refractivity contribution in [3.05, 3.63) is 71.8 Å². The molecule has 3 rings (SSSR count). The summed E-state index contributed by atoms with van der Waals surface area (Å²) in [7, 11) is 0. The molecule has 0 aliphatic heterocycles. The number of carbonyl (C=O) groups excluding carboxylic acids is 2. The molecule has 0 atom stereocenters. The van der Waals surface area contributed by atoms with Crippen LogP contribution in [0, 0.1) is 0 Å². The number of esters is 1. The van der Waals surface area contributed by atoms with E-state index in [1.54, 1.807) is 36.4 Å². The number of fused-ring (bicyclic) bond motifs is 1. The second kappa shape index (κ2) is 8.49. The van der Waals surface area contributed by atoms with Crippen molar-refractivity contribution in [2.75, 3.05) is 6.61 Å². The average molecular weight is 362 g/mol. The van der Waals surface area contributed by atoms with Crippen LogP contribution >= 0.6 is 0 Å². The summed E-state index contributed by atoms with van der Waals surface area (Å²) >= 11 is 0. The maximum atomic E-state index is 12.7. The number of rotatable bonds is 7. The number of ketones is 1. The number of ether oxygens (including phenoxy) is 2. The van der Waals surface area contributed by atoms with Gasteiger partial charge in [-0.05, 0) is 48.2 Å². The summed E-state index contributed by atoms with van der Waals surface area (Å²) in [6, 6.07) is 17.8. The van der Waals surface area contributed by atoms with Gasteiger partial charge < -0.3 is 9.47 Å². The molecule has 0 amide bonds. The second-order valence-electron chi connectivity index (χ2n) is 6.20. The van der Waals surface area contributed by atoms with Gasteiger partial charge in [-0.3, -0.25) is 4.79 Å². The predicted molar refractivity (Wildman–Crippen MR) is 106 cm³/mol. The Labute approximate surface area is 158 Å². The fourth-order valence-electron chi connectivity index (χ4n) is 2.86. The van der Waals surface area contributed by atoms with Crippen LogP contribution in [0.5, 0.6) is 11.5 Å². The zero-order chi connectivity index (χ0) is 19.2. The Morgan fingerprint density at radius 3 is 2.22 bits per heavy atom. The van der Waals surface area contributed by atoms with Crippen molar-refractivity contribution in [2.45, 2.75) is 26.7 Å². The van der Waals surface area contributed by atoms with E-state index in [2.05, 4.69) is 0 Å². The van der Waals surface area contributed by atoms with Gasteiger partial charge in [0.25, 0.3) is 0 Å². The second-order valence-corrected chi connectivity index (χ2v) is 6.20. The molecular formula is C23H22O4. The molecule has 4 nitrogen and oxygen atoms in total. The summed E-state index contributed by atoms with van der Waals surface area (Å²) in [5.41, 5.74) is 1.09. The molecule has 4 heteroatoms. The summed E-state index contributed by atoms with van der Waals surface area (Å²) in [6.45, 7) is 4.49. The van der Waals surface area contributed by atoms with Gasteiger partial charge in [0.15, 0.2) is 5.78 Å². The van der Waals surface area contributed by atoms with Crippen molar-refractivity contribution >= 4 is 22.5 Å². The fraction of sp³-hybridized carbons (Fsp3) is 0.217. The SMILES string of the molecule is CCCOc1ccc(C(=O)Oc2ccc(C(=O)CC)cc2)c2ccccc12. The van der Waals surface area contributed by atoms with E-state index in [0.29, 0.717) is 29.9 Å². The highest BCUT2D eigenvalue weighted by Gasteiger charge is 2.15. The molecule has 27 heavy (non-hydrogen) atoms. The predicted octanol–water partition coefficient (Wildman–Crippen LogP) is 5.44. The van der Waals surface area contributed by atoms with Crippen molar-refractivity contribution in [2.24, 2.45) is 0 Å². The Balaban J connectivity index is 1.86. The van der Waals surface area contributed by atoms with Gasteiger partial charge in [0, 0.05) is 17.4 Å². The van der Waals surface area contributed by atoms with Gasteiger partial charge in [0.1, 0.15) is 11.5 Å². The highest BCUT2D eigenvalue weighted by molar-refractivity contribution is 6.07. The lowest BCUT2D eigenvalue weighted by Crippen LogP contribution is -2.10. The van der Waals surface area contributed by atoms with E-state index >= 15 is 0 Å². The van der Waals surface area contributed by atoms with Crippen LogP contribution in [0.15, 0.2) is 60.7 Å². The Bertz CT molecular complexity index is 958. The van der Waals surface area contributed by atoms with Crippen LogP contribution in [0.4, 0.5) is 0 Å². The molecule has 0 heterocycles. The molecule has 0 fully saturated rings. The molecule has 138 valence electrons. The Hall–Kier alpha value is -3.14. The molecule has 0 radical (unpaired) electrons. The smallest absolute Gasteiger partial charge is 0.344 e. The topological polar surface area (TPSA) is 52.6 Å². The third-order valence-corrected chi connectivity index (χ3v) is 4.27. The average Bonchev–Trinajstić information content (AvgIpc) is 2.71. The lowest BCUT2D eigenvalue weighted by atomic mass is 10.0. The maximum Gasteiger partial charge on any atom is 0.344 e. The third-order valence-electron chi connectivity index (χ3n) is 4.27. The van der Waals surface area contributed by atoms with Gasteiger partial charge in [-0.1, -0.05) is 38.1 Å². The number of Topliss-reactive ketones (excluding diaryl/α,β-unsaturated/α-hetero) is 1. The minimum Gasteiger partial charge on any atom is -0.493 e. The van der Waals surface area contributed by atoms with Gasteiger partial charge in [-0.25, -0.2) is 4.79 Å². The van der Waals surface area contributed by atoms with Gasteiger partial charge >= 0.3 is 5.97 Å². The molecule has 0 aromatic heterocycles. The largest absolute Gasteiger partial charge is 0.493 e. The quantitative estimate of drug-likeness (QED) is 0.319. The summed E-state index contributed by atoms with van der Waals surface area (Å²) in [5, 5.41) is 1.66. The van der Waals surface area contributed by atoms with Crippen LogP contribution in [0.25, 0.3) is 10.8 Å². The van der Waals surface area contributed by atoms with Gasteiger partial charge in [-0.2, -0.15) is 0 Å². The highest BCUT2D eigenvalue weighted by atomic mass is 16.5. The molecule has 0 saturated carbocycles. The molecule has 3 aromatic carbocycles. The first-order chi connectivity index (χ1) is 13.1. The minimum atomic E-state index is -0.442. The van der Waals surface area contributed by atoms with Crippen LogP contribution in [0.3, 0.4) is 0 Å². The van der Waals surface area contributed by atoms with Gasteiger partial charge in [-0.15, -0.1) is 0 Å². The molecule has 0 aliphatic rings. The Kier molecular flexibility index (Phi) is 5.87. The zero-order valence-corrected chi connectivity index (χ0v) is 15.5. The van der Waals surface area contributed by atoms with E-state index in [1.165, 1.54) is 0 Å². The monoisotopic (exact) mass is 362 g/mol. The van der Waals surface area contributed by atoms with Crippen LogP contribution in [0.1, 0.15) is 47.4 Å². The van der Waals surface area contributed by atoms with Crippen molar-refractivity contribution in [1.29, 1.82) is 0 Å². The van der Waals surface area contributed by atoms with E-state index in [1.807, 2.05) is 38.1 Å². The minimum absolute atomic E-state index is 0.0570. The molecule has 0 saturated heterocycles. The highest BCUT2D eigenvalue weighted by Crippen LogP contribution is 2.29. The van der Waals surface area contributed by atoms with Crippen molar-refractivity contribution in [3.8, 4) is 11.5 Å². The lowest BCUT2D eigenvalue weighted by Gasteiger charge is -2.12. The lowest BCUT2D eigenvalue weighted by molar-refractivity contribution is 0.0737. The molecule has 0 N–H and O–H groups in total. The van der Waals surface area contributed by atoms with E-state index in [9.17, 15) is 9.59 Å². The number of carbonyl (C=O) groups is 2. The summed E-state index contributed by atoms with van der Waals surface area (Å²) in [6.07, 6.45) is 1.35. The summed E-state index contributed by atoms with van der Waals surface area (Å²) < 4.78 is 11.3. The van der Waals surface area contributed by atoms with E-state index < -0.39 is 5.97 Å².